The van der Waals surface area contributed by atoms with Crippen LogP contribution in [-0.2, 0) is 22.6 Å². The van der Waals surface area contributed by atoms with Crippen LogP contribution in [-0.4, -0.2) is 32.8 Å². The van der Waals surface area contributed by atoms with Crippen LogP contribution in [0.25, 0.3) is 0 Å². The molecule has 1 rings (SSSR count). The van der Waals surface area contributed by atoms with Gasteiger partial charge in [-0.25, -0.2) is 4.79 Å². The van der Waals surface area contributed by atoms with Gasteiger partial charge >= 0.3 is 5.97 Å². The zero-order valence-corrected chi connectivity index (χ0v) is 11.1. The van der Waals surface area contributed by atoms with E-state index in [1.807, 2.05) is 20.8 Å². The zero-order valence-electron chi connectivity index (χ0n) is 11.1. The summed E-state index contributed by atoms with van der Waals surface area (Å²) in [6, 6.07) is -0.954. The summed E-state index contributed by atoms with van der Waals surface area (Å²) in [7, 11) is 0. The second-order valence-electron chi connectivity index (χ2n) is 4.28. The van der Waals surface area contributed by atoms with Crippen molar-refractivity contribution in [1.29, 1.82) is 0 Å². The maximum atomic E-state index is 11.1. The van der Waals surface area contributed by atoms with Crippen LogP contribution in [0.5, 0.6) is 0 Å². The second-order valence-corrected chi connectivity index (χ2v) is 4.28. The Morgan fingerprint density at radius 2 is 2.06 bits per heavy atom. The van der Waals surface area contributed by atoms with Gasteiger partial charge in [-0.05, 0) is 25.8 Å². The molecule has 0 saturated heterocycles. The molecule has 1 aromatic heterocycles. The third-order valence-corrected chi connectivity index (χ3v) is 2.92. The number of carboxylic acid groups (broad SMARTS) is 1. The van der Waals surface area contributed by atoms with Crippen LogP contribution >= 0.6 is 0 Å². The van der Waals surface area contributed by atoms with Crippen LogP contribution in [0.3, 0.4) is 0 Å². The lowest BCUT2D eigenvalue weighted by Gasteiger charge is -2.14. The van der Waals surface area contributed by atoms with E-state index in [1.54, 1.807) is 4.68 Å². The Labute approximate surface area is 106 Å². The van der Waals surface area contributed by atoms with Gasteiger partial charge < -0.3 is 10.4 Å². The summed E-state index contributed by atoms with van der Waals surface area (Å²) in [5.74, 6) is -1.42. The normalized spacial score (nSPS) is 12.2. The highest BCUT2D eigenvalue weighted by molar-refractivity contribution is 5.81. The fourth-order valence-corrected chi connectivity index (χ4v) is 2.03. The Bertz CT molecular complexity index is 465. The van der Waals surface area contributed by atoms with Crippen molar-refractivity contribution in [2.75, 3.05) is 0 Å². The number of amides is 1. The summed E-state index contributed by atoms with van der Waals surface area (Å²) in [5, 5.41) is 15.8. The summed E-state index contributed by atoms with van der Waals surface area (Å²) < 4.78 is 1.64. The highest BCUT2D eigenvalue weighted by atomic mass is 16.4. The van der Waals surface area contributed by atoms with Crippen LogP contribution in [0.2, 0.25) is 0 Å². The van der Waals surface area contributed by atoms with Crippen molar-refractivity contribution in [2.24, 2.45) is 0 Å². The Hall–Kier alpha value is -1.85. The van der Waals surface area contributed by atoms with Gasteiger partial charge in [0.2, 0.25) is 5.91 Å². The standard InChI is InChI=1S/C12H19N3O3/c1-5-10-7(2)14-15(8(10)3)6-11(12(17)18)13-9(4)16/h11H,5-6H2,1-4H3,(H,13,16)(H,17,18). The summed E-state index contributed by atoms with van der Waals surface area (Å²) in [4.78, 5) is 22.0. The fraction of sp³-hybridized carbons (Fsp3) is 0.583. The molecule has 0 aliphatic heterocycles. The Kier molecular flexibility index (Phi) is 4.47. The molecular weight excluding hydrogens is 234 g/mol. The first kappa shape index (κ1) is 14.2. The number of hydrogen-bond donors (Lipinski definition) is 2. The number of hydrogen-bond acceptors (Lipinski definition) is 3. The van der Waals surface area contributed by atoms with Crippen LogP contribution in [0.15, 0.2) is 0 Å². The van der Waals surface area contributed by atoms with Crippen LogP contribution < -0.4 is 5.32 Å². The van der Waals surface area contributed by atoms with Gasteiger partial charge in [0.05, 0.1) is 12.2 Å². The van der Waals surface area contributed by atoms with E-state index in [0.717, 1.165) is 23.4 Å². The van der Waals surface area contributed by atoms with Gasteiger partial charge in [0, 0.05) is 12.6 Å². The highest BCUT2D eigenvalue weighted by Gasteiger charge is 2.21. The molecule has 1 unspecified atom stereocenters. The van der Waals surface area contributed by atoms with Crippen molar-refractivity contribution < 1.29 is 14.7 Å². The van der Waals surface area contributed by atoms with E-state index in [1.165, 1.54) is 6.92 Å². The molecular formula is C12H19N3O3. The van der Waals surface area contributed by atoms with Gasteiger partial charge in [-0.2, -0.15) is 5.10 Å². The molecule has 1 aromatic rings. The molecule has 0 aromatic carbocycles. The van der Waals surface area contributed by atoms with E-state index < -0.39 is 12.0 Å². The average Bonchev–Trinajstić information content (AvgIpc) is 2.52. The zero-order chi connectivity index (χ0) is 13.9. The van der Waals surface area contributed by atoms with Gasteiger partial charge in [0.15, 0.2) is 0 Å². The predicted molar refractivity (Wildman–Crippen MR) is 66.3 cm³/mol. The number of nitrogens with one attached hydrogen (secondary N) is 1. The molecule has 1 amide bonds. The number of aryl methyl sites for hydroxylation is 1. The topological polar surface area (TPSA) is 84.2 Å². The molecule has 6 nitrogen and oxygen atoms in total. The van der Waals surface area contributed by atoms with Crippen molar-refractivity contribution in [1.82, 2.24) is 15.1 Å². The second kappa shape index (κ2) is 5.66. The van der Waals surface area contributed by atoms with Gasteiger partial charge in [0.25, 0.3) is 0 Å². The van der Waals surface area contributed by atoms with Gasteiger partial charge in [-0.3, -0.25) is 9.48 Å². The number of nitrogens with zero attached hydrogens (tertiary/aromatic N) is 2. The van der Waals surface area contributed by atoms with Crippen LogP contribution in [0.1, 0.15) is 30.8 Å². The minimum Gasteiger partial charge on any atom is -0.480 e. The average molecular weight is 253 g/mol. The number of rotatable bonds is 5. The summed E-state index contributed by atoms with van der Waals surface area (Å²) in [6.45, 7) is 7.28. The number of carboxylic acids is 1. The molecule has 0 spiro atoms. The molecule has 0 saturated carbocycles. The molecule has 6 heteroatoms. The summed E-state index contributed by atoms with van der Waals surface area (Å²) in [6.07, 6.45) is 0.857. The highest BCUT2D eigenvalue weighted by Crippen LogP contribution is 2.13. The number of carbonyl (C=O) groups excluding carboxylic acids is 1. The predicted octanol–water partition coefficient (Wildman–Crippen LogP) is 0.652. The quantitative estimate of drug-likeness (QED) is 0.807. The third-order valence-electron chi connectivity index (χ3n) is 2.92. The first-order chi connectivity index (χ1) is 8.36. The fourth-order valence-electron chi connectivity index (χ4n) is 2.03. The molecule has 0 fully saturated rings. The lowest BCUT2D eigenvalue weighted by Crippen LogP contribution is -2.43. The third kappa shape index (κ3) is 3.09. The minimum atomic E-state index is -1.06. The molecule has 0 aliphatic rings. The van der Waals surface area contributed by atoms with Crippen molar-refractivity contribution in [3.05, 3.63) is 17.0 Å². The molecule has 0 aliphatic carbocycles. The van der Waals surface area contributed by atoms with E-state index in [2.05, 4.69) is 10.4 Å². The summed E-state index contributed by atoms with van der Waals surface area (Å²) in [5.41, 5.74) is 2.98. The van der Waals surface area contributed by atoms with Crippen molar-refractivity contribution in [3.8, 4) is 0 Å². The summed E-state index contributed by atoms with van der Waals surface area (Å²) >= 11 is 0. The smallest absolute Gasteiger partial charge is 0.328 e. The largest absolute Gasteiger partial charge is 0.480 e. The molecule has 1 heterocycles. The molecule has 2 N–H and O–H groups in total. The van der Waals surface area contributed by atoms with Crippen LogP contribution in [0.4, 0.5) is 0 Å². The lowest BCUT2D eigenvalue weighted by atomic mass is 10.1. The van der Waals surface area contributed by atoms with Gasteiger partial charge in [-0.1, -0.05) is 6.92 Å². The Morgan fingerprint density at radius 3 is 2.44 bits per heavy atom. The molecule has 0 radical (unpaired) electrons. The number of carbonyl (C=O) groups is 2. The van der Waals surface area contributed by atoms with Crippen LogP contribution in [0, 0.1) is 13.8 Å². The Balaban J connectivity index is 2.94. The lowest BCUT2D eigenvalue weighted by molar-refractivity contribution is -0.142. The van der Waals surface area contributed by atoms with E-state index >= 15 is 0 Å². The van der Waals surface area contributed by atoms with E-state index in [9.17, 15) is 9.59 Å². The maximum Gasteiger partial charge on any atom is 0.328 e. The van der Waals surface area contributed by atoms with E-state index in [4.69, 9.17) is 5.11 Å². The number of aromatic nitrogens is 2. The first-order valence-electron chi connectivity index (χ1n) is 5.89. The SMILES string of the molecule is CCc1c(C)nn(CC(NC(C)=O)C(=O)O)c1C. The van der Waals surface area contributed by atoms with Gasteiger partial charge in [0.1, 0.15) is 6.04 Å². The number of aliphatic carboxylic acids is 1. The molecule has 100 valence electrons. The van der Waals surface area contributed by atoms with Crippen molar-refractivity contribution in [2.45, 2.75) is 46.7 Å². The monoisotopic (exact) mass is 253 g/mol. The molecule has 18 heavy (non-hydrogen) atoms. The van der Waals surface area contributed by atoms with Crippen molar-refractivity contribution in [3.63, 3.8) is 0 Å². The van der Waals surface area contributed by atoms with E-state index in [-0.39, 0.29) is 12.5 Å². The van der Waals surface area contributed by atoms with Gasteiger partial charge in [-0.15, -0.1) is 0 Å². The minimum absolute atomic E-state index is 0.140. The Morgan fingerprint density at radius 1 is 1.44 bits per heavy atom. The molecule has 1 atom stereocenters. The molecule has 0 bridgehead atoms. The first-order valence-corrected chi connectivity index (χ1v) is 5.89. The maximum absolute atomic E-state index is 11.1. The van der Waals surface area contributed by atoms with E-state index in [0.29, 0.717) is 0 Å². The van der Waals surface area contributed by atoms with Crippen molar-refractivity contribution >= 4 is 11.9 Å².